The van der Waals surface area contributed by atoms with Gasteiger partial charge in [0.05, 0.1) is 5.69 Å². The molecule has 1 aromatic heterocycles. The predicted octanol–water partition coefficient (Wildman–Crippen LogP) is 2.89. The molecular weight excluding hydrogens is 246 g/mol. The summed E-state index contributed by atoms with van der Waals surface area (Å²) < 4.78 is 0. The minimum atomic E-state index is 0.205. The van der Waals surface area contributed by atoms with Crippen molar-refractivity contribution in [3.05, 3.63) is 29.6 Å². The SMILES string of the molecule is Cc1cccnc1CN1CC(C)(C)NCC12CCCC2. The predicted molar refractivity (Wildman–Crippen MR) is 82.7 cm³/mol. The normalized spacial score (nSPS) is 25.1. The van der Waals surface area contributed by atoms with Crippen molar-refractivity contribution >= 4 is 0 Å². The number of nitrogens with one attached hydrogen (secondary N) is 1. The molecule has 0 unspecified atom stereocenters. The van der Waals surface area contributed by atoms with E-state index >= 15 is 0 Å². The molecule has 1 spiro atoms. The largest absolute Gasteiger partial charge is 0.309 e. The van der Waals surface area contributed by atoms with Crippen LogP contribution >= 0.6 is 0 Å². The molecule has 2 heterocycles. The summed E-state index contributed by atoms with van der Waals surface area (Å²) in [7, 11) is 0. The molecule has 2 aliphatic rings. The summed E-state index contributed by atoms with van der Waals surface area (Å²) in [5, 5.41) is 3.76. The lowest BCUT2D eigenvalue weighted by Gasteiger charge is -2.51. The van der Waals surface area contributed by atoms with Crippen LogP contribution in [0.15, 0.2) is 18.3 Å². The van der Waals surface area contributed by atoms with Crippen LogP contribution in [-0.4, -0.2) is 34.1 Å². The Morgan fingerprint density at radius 2 is 2.05 bits per heavy atom. The molecule has 3 heteroatoms. The number of nitrogens with zero attached hydrogens (tertiary/aromatic N) is 2. The summed E-state index contributed by atoms with van der Waals surface area (Å²) in [5.74, 6) is 0. The van der Waals surface area contributed by atoms with Gasteiger partial charge in [0, 0.05) is 36.9 Å². The lowest BCUT2D eigenvalue weighted by Crippen LogP contribution is -2.67. The standard InChI is InChI=1S/C17H27N3/c1-14-7-6-10-18-15(14)11-20-13-16(2,3)19-12-17(20)8-4-5-9-17/h6-7,10,19H,4-5,8-9,11-13H2,1-3H3. The minimum absolute atomic E-state index is 0.205. The van der Waals surface area contributed by atoms with Crippen LogP contribution in [0.25, 0.3) is 0 Å². The van der Waals surface area contributed by atoms with Gasteiger partial charge in [0.2, 0.25) is 0 Å². The lowest BCUT2D eigenvalue weighted by molar-refractivity contribution is 0.0111. The van der Waals surface area contributed by atoms with Gasteiger partial charge in [-0.15, -0.1) is 0 Å². The molecule has 0 aromatic carbocycles. The molecule has 0 bridgehead atoms. The smallest absolute Gasteiger partial charge is 0.0573 e. The third-order valence-corrected chi connectivity index (χ3v) is 5.15. The first-order chi connectivity index (χ1) is 9.51. The molecule has 1 aliphatic heterocycles. The van der Waals surface area contributed by atoms with E-state index in [9.17, 15) is 0 Å². The van der Waals surface area contributed by atoms with E-state index < -0.39 is 0 Å². The maximum Gasteiger partial charge on any atom is 0.0573 e. The second-order valence-corrected chi connectivity index (χ2v) is 7.29. The molecule has 1 aliphatic carbocycles. The van der Waals surface area contributed by atoms with Crippen molar-refractivity contribution in [2.24, 2.45) is 0 Å². The van der Waals surface area contributed by atoms with Crippen molar-refractivity contribution in [2.45, 2.75) is 64.1 Å². The number of pyridine rings is 1. The van der Waals surface area contributed by atoms with Crippen molar-refractivity contribution in [3.8, 4) is 0 Å². The fourth-order valence-corrected chi connectivity index (χ4v) is 3.83. The first kappa shape index (κ1) is 14.0. The zero-order valence-corrected chi connectivity index (χ0v) is 13.1. The first-order valence-corrected chi connectivity index (χ1v) is 7.91. The van der Waals surface area contributed by atoms with Gasteiger partial charge in [0.1, 0.15) is 0 Å². The van der Waals surface area contributed by atoms with Crippen molar-refractivity contribution in [3.63, 3.8) is 0 Å². The molecule has 0 amide bonds. The summed E-state index contributed by atoms with van der Waals surface area (Å²) in [5.41, 5.74) is 3.14. The summed E-state index contributed by atoms with van der Waals surface area (Å²) in [6.45, 7) is 10.0. The van der Waals surface area contributed by atoms with E-state index in [4.69, 9.17) is 0 Å². The van der Waals surface area contributed by atoms with Gasteiger partial charge in [-0.25, -0.2) is 0 Å². The van der Waals surface area contributed by atoms with Crippen LogP contribution in [0.5, 0.6) is 0 Å². The summed E-state index contributed by atoms with van der Waals surface area (Å²) in [6.07, 6.45) is 7.35. The quantitative estimate of drug-likeness (QED) is 0.898. The van der Waals surface area contributed by atoms with E-state index in [1.165, 1.54) is 36.9 Å². The zero-order chi connectivity index (χ0) is 14.2. The topological polar surface area (TPSA) is 28.2 Å². The third-order valence-electron chi connectivity index (χ3n) is 5.15. The van der Waals surface area contributed by atoms with Crippen molar-refractivity contribution in [1.29, 1.82) is 0 Å². The second-order valence-electron chi connectivity index (χ2n) is 7.29. The fraction of sp³-hybridized carbons (Fsp3) is 0.706. The van der Waals surface area contributed by atoms with E-state index in [1.54, 1.807) is 0 Å². The van der Waals surface area contributed by atoms with Crippen molar-refractivity contribution < 1.29 is 0 Å². The van der Waals surface area contributed by atoms with Crippen molar-refractivity contribution in [2.75, 3.05) is 13.1 Å². The highest BCUT2D eigenvalue weighted by atomic mass is 15.3. The Bertz CT molecular complexity index is 475. The number of hydrogen-bond acceptors (Lipinski definition) is 3. The van der Waals surface area contributed by atoms with Gasteiger partial charge in [0.15, 0.2) is 0 Å². The van der Waals surface area contributed by atoms with Crippen LogP contribution in [0.1, 0.15) is 50.8 Å². The Morgan fingerprint density at radius 1 is 1.30 bits per heavy atom. The fourth-order valence-electron chi connectivity index (χ4n) is 3.83. The van der Waals surface area contributed by atoms with Crippen LogP contribution in [-0.2, 0) is 6.54 Å². The van der Waals surface area contributed by atoms with Gasteiger partial charge in [-0.2, -0.15) is 0 Å². The summed E-state index contributed by atoms with van der Waals surface area (Å²) in [4.78, 5) is 7.33. The number of rotatable bonds is 2. The molecule has 1 N–H and O–H groups in total. The number of aromatic nitrogens is 1. The van der Waals surface area contributed by atoms with Crippen LogP contribution in [0.3, 0.4) is 0 Å². The Kier molecular flexibility index (Phi) is 3.59. The minimum Gasteiger partial charge on any atom is -0.309 e. The lowest BCUT2D eigenvalue weighted by atomic mass is 9.86. The maximum absolute atomic E-state index is 4.61. The number of piperazine rings is 1. The van der Waals surface area contributed by atoms with E-state index in [-0.39, 0.29) is 5.54 Å². The van der Waals surface area contributed by atoms with Crippen LogP contribution in [0.2, 0.25) is 0 Å². The summed E-state index contributed by atoms with van der Waals surface area (Å²) in [6, 6.07) is 4.21. The van der Waals surface area contributed by atoms with Gasteiger partial charge in [-0.05, 0) is 45.2 Å². The van der Waals surface area contributed by atoms with Gasteiger partial charge in [-0.3, -0.25) is 9.88 Å². The Morgan fingerprint density at radius 3 is 2.75 bits per heavy atom. The molecule has 0 atom stereocenters. The Hall–Kier alpha value is -0.930. The first-order valence-electron chi connectivity index (χ1n) is 7.91. The molecular formula is C17H27N3. The van der Waals surface area contributed by atoms with Crippen LogP contribution in [0, 0.1) is 6.92 Å². The van der Waals surface area contributed by atoms with E-state index in [0.29, 0.717) is 5.54 Å². The molecule has 1 aromatic rings. The number of hydrogen-bond donors (Lipinski definition) is 1. The molecule has 1 saturated carbocycles. The average Bonchev–Trinajstić information content (AvgIpc) is 2.87. The highest BCUT2D eigenvalue weighted by Crippen LogP contribution is 2.39. The summed E-state index contributed by atoms with van der Waals surface area (Å²) >= 11 is 0. The Balaban J connectivity index is 1.85. The molecule has 0 radical (unpaired) electrons. The molecule has 110 valence electrons. The van der Waals surface area contributed by atoms with Gasteiger partial charge in [-0.1, -0.05) is 18.9 Å². The maximum atomic E-state index is 4.61. The molecule has 3 rings (SSSR count). The monoisotopic (exact) mass is 273 g/mol. The van der Waals surface area contributed by atoms with Crippen LogP contribution in [0.4, 0.5) is 0 Å². The highest BCUT2D eigenvalue weighted by molar-refractivity contribution is 5.19. The van der Waals surface area contributed by atoms with Gasteiger partial charge >= 0.3 is 0 Å². The molecule has 3 nitrogen and oxygen atoms in total. The van der Waals surface area contributed by atoms with E-state index in [0.717, 1.165) is 19.6 Å². The van der Waals surface area contributed by atoms with Crippen molar-refractivity contribution in [1.82, 2.24) is 15.2 Å². The van der Waals surface area contributed by atoms with E-state index in [1.807, 2.05) is 12.3 Å². The average molecular weight is 273 g/mol. The van der Waals surface area contributed by atoms with E-state index in [2.05, 4.69) is 42.0 Å². The van der Waals surface area contributed by atoms with Gasteiger partial charge in [0.25, 0.3) is 0 Å². The highest BCUT2D eigenvalue weighted by Gasteiger charge is 2.45. The van der Waals surface area contributed by atoms with Gasteiger partial charge < -0.3 is 5.32 Å². The Labute approximate surface area is 122 Å². The molecule has 20 heavy (non-hydrogen) atoms. The van der Waals surface area contributed by atoms with Crippen LogP contribution < -0.4 is 5.32 Å². The number of aryl methyl sites for hydroxylation is 1. The zero-order valence-electron chi connectivity index (χ0n) is 13.1. The third kappa shape index (κ3) is 2.61. The molecule has 2 fully saturated rings. The molecule has 1 saturated heterocycles. The second kappa shape index (κ2) is 5.12.